The molecule has 8 heteroatoms. The average Bonchev–Trinajstić information content (AvgIpc) is 3.08. The number of nitrogens with zero attached hydrogens (tertiary/aromatic N) is 5. The highest BCUT2D eigenvalue weighted by Gasteiger charge is 2.35. The highest BCUT2D eigenvalue weighted by atomic mass is 32.2. The zero-order chi connectivity index (χ0) is 17.1. The fourth-order valence-electron chi connectivity index (χ4n) is 2.28. The molecule has 0 radical (unpaired) electrons. The molecule has 0 N–H and O–H groups in total. The van der Waals surface area contributed by atoms with E-state index in [1.54, 1.807) is 22.0 Å². The third-order valence-electron chi connectivity index (χ3n) is 3.34. The number of hydrogen-bond donors (Lipinski definition) is 0. The zero-order valence-corrected chi connectivity index (χ0v) is 14.2. The summed E-state index contributed by atoms with van der Waals surface area (Å²) < 4.78 is 1.69. The van der Waals surface area contributed by atoms with E-state index < -0.39 is 0 Å². The average molecular weight is 343 g/mol. The van der Waals surface area contributed by atoms with Crippen LogP contribution in [-0.4, -0.2) is 50.0 Å². The minimum absolute atomic E-state index is 0.129. The van der Waals surface area contributed by atoms with Crippen molar-refractivity contribution in [2.24, 2.45) is 0 Å². The number of carbonyl (C=O) groups is 2. The summed E-state index contributed by atoms with van der Waals surface area (Å²) in [6.45, 7) is 0.723. The second-order valence-electron chi connectivity index (χ2n) is 5.61. The van der Waals surface area contributed by atoms with Gasteiger partial charge in [-0.3, -0.25) is 14.5 Å². The Morgan fingerprint density at radius 1 is 1.17 bits per heavy atom. The maximum Gasteiger partial charge on any atom is 0.293 e. The molecule has 1 fully saturated rings. The zero-order valence-electron chi connectivity index (χ0n) is 13.4. The van der Waals surface area contributed by atoms with Crippen molar-refractivity contribution in [2.75, 3.05) is 14.1 Å². The Morgan fingerprint density at radius 2 is 1.92 bits per heavy atom. The molecule has 7 nitrogen and oxygen atoms in total. The van der Waals surface area contributed by atoms with Crippen LogP contribution in [0, 0.1) is 0 Å². The molecule has 0 saturated carbocycles. The van der Waals surface area contributed by atoms with Crippen molar-refractivity contribution >= 4 is 22.9 Å². The lowest BCUT2D eigenvalue weighted by Gasteiger charge is -2.10. The molecule has 0 bridgehead atoms. The third-order valence-corrected chi connectivity index (χ3v) is 4.24. The molecule has 2 aromatic rings. The van der Waals surface area contributed by atoms with Crippen LogP contribution in [0.1, 0.15) is 11.3 Å². The SMILES string of the molecule is CN(C)/C=C1\SC(=O)N(Cc2cn(Cc3ccccc3)nn2)C1=O. The van der Waals surface area contributed by atoms with Gasteiger partial charge in [-0.25, -0.2) is 4.68 Å². The van der Waals surface area contributed by atoms with Crippen LogP contribution in [0.2, 0.25) is 0 Å². The predicted molar refractivity (Wildman–Crippen MR) is 90.9 cm³/mol. The van der Waals surface area contributed by atoms with Crippen molar-refractivity contribution in [3.8, 4) is 0 Å². The van der Waals surface area contributed by atoms with E-state index in [2.05, 4.69) is 10.3 Å². The molecule has 0 aliphatic carbocycles. The second-order valence-corrected chi connectivity index (χ2v) is 6.60. The molecule has 24 heavy (non-hydrogen) atoms. The Morgan fingerprint density at radius 3 is 2.62 bits per heavy atom. The number of hydrogen-bond acceptors (Lipinski definition) is 6. The quantitative estimate of drug-likeness (QED) is 0.773. The van der Waals surface area contributed by atoms with Gasteiger partial charge in [-0.1, -0.05) is 35.5 Å². The van der Waals surface area contributed by atoms with Crippen LogP contribution in [0.25, 0.3) is 0 Å². The summed E-state index contributed by atoms with van der Waals surface area (Å²) in [4.78, 5) is 27.7. The van der Waals surface area contributed by atoms with Crippen molar-refractivity contribution < 1.29 is 9.59 Å². The Hall–Kier alpha value is -2.61. The Bertz CT molecular complexity index is 785. The largest absolute Gasteiger partial charge is 0.382 e. The van der Waals surface area contributed by atoms with Gasteiger partial charge in [0, 0.05) is 20.3 Å². The van der Waals surface area contributed by atoms with Gasteiger partial charge in [0.25, 0.3) is 11.1 Å². The molecule has 2 amide bonds. The van der Waals surface area contributed by atoms with Gasteiger partial charge >= 0.3 is 0 Å². The van der Waals surface area contributed by atoms with E-state index in [1.807, 2.05) is 44.4 Å². The van der Waals surface area contributed by atoms with Crippen LogP contribution >= 0.6 is 11.8 Å². The van der Waals surface area contributed by atoms with Crippen molar-refractivity contribution in [3.63, 3.8) is 0 Å². The van der Waals surface area contributed by atoms with Crippen LogP contribution in [-0.2, 0) is 17.9 Å². The van der Waals surface area contributed by atoms with E-state index >= 15 is 0 Å². The summed E-state index contributed by atoms with van der Waals surface area (Å²) in [7, 11) is 3.62. The lowest BCUT2D eigenvalue weighted by Crippen LogP contribution is -2.28. The van der Waals surface area contributed by atoms with Crippen LogP contribution in [0.3, 0.4) is 0 Å². The van der Waals surface area contributed by atoms with Crippen LogP contribution in [0.5, 0.6) is 0 Å². The topological polar surface area (TPSA) is 71.3 Å². The van der Waals surface area contributed by atoms with E-state index in [4.69, 9.17) is 0 Å². The molecule has 3 rings (SSSR count). The molecule has 124 valence electrons. The van der Waals surface area contributed by atoms with Crippen molar-refractivity contribution in [3.05, 3.63) is 58.9 Å². The fourth-order valence-corrected chi connectivity index (χ4v) is 3.19. The van der Waals surface area contributed by atoms with Crippen molar-refractivity contribution in [2.45, 2.75) is 13.1 Å². The number of imide groups is 1. The number of benzene rings is 1. The minimum Gasteiger partial charge on any atom is -0.382 e. The minimum atomic E-state index is -0.295. The Balaban J connectivity index is 1.69. The van der Waals surface area contributed by atoms with Gasteiger partial charge < -0.3 is 4.90 Å². The Kier molecular flexibility index (Phi) is 4.66. The summed E-state index contributed by atoms with van der Waals surface area (Å²) >= 11 is 0.941. The van der Waals surface area contributed by atoms with E-state index in [9.17, 15) is 9.59 Å². The van der Waals surface area contributed by atoms with Crippen LogP contribution < -0.4 is 0 Å². The van der Waals surface area contributed by atoms with Gasteiger partial charge in [0.2, 0.25) is 0 Å². The summed E-state index contributed by atoms with van der Waals surface area (Å²) in [6, 6.07) is 9.89. The van der Waals surface area contributed by atoms with Gasteiger partial charge in [-0.15, -0.1) is 5.10 Å². The van der Waals surface area contributed by atoms with Crippen LogP contribution in [0.4, 0.5) is 4.79 Å². The van der Waals surface area contributed by atoms with E-state index in [0.717, 1.165) is 17.3 Å². The second kappa shape index (κ2) is 6.88. The summed E-state index contributed by atoms with van der Waals surface area (Å²) in [5, 5.41) is 7.83. The molecule has 1 aromatic heterocycles. The van der Waals surface area contributed by atoms with E-state index in [1.165, 1.54) is 4.90 Å². The van der Waals surface area contributed by atoms with Gasteiger partial charge in [0.15, 0.2) is 0 Å². The smallest absolute Gasteiger partial charge is 0.293 e. The first-order chi connectivity index (χ1) is 11.5. The van der Waals surface area contributed by atoms with Crippen molar-refractivity contribution in [1.29, 1.82) is 0 Å². The van der Waals surface area contributed by atoms with Gasteiger partial charge in [-0.05, 0) is 17.3 Å². The summed E-state index contributed by atoms with van der Waals surface area (Å²) in [5.41, 5.74) is 1.69. The van der Waals surface area contributed by atoms with E-state index in [-0.39, 0.29) is 17.7 Å². The standard InChI is InChI=1S/C16H17N5O2S/c1-19(2)11-14-15(22)21(16(23)24-14)10-13-9-20(18-17-13)8-12-6-4-3-5-7-12/h3-7,9,11H,8,10H2,1-2H3/b14-11-. The Labute approximate surface area is 143 Å². The third kappa shape index (κ3) is 3.65. The number of carbonyl (C=O) groups excluding carboxylic acids is 2. The fraction of sp³-hybridized carbons (Fsp3) is 0.250. The molecular formula is C16H17N5O2S. The first kappa shape index (κ1) is 16.3. The predicted octanol–water partition coefficient (Wildman–Crippen LogP) is 1.92. The normalized spacial score (nSPS) is 16.2. The first-order valence-electron chi connectivity index (χ1n) is 7.38. The van der Waals surface area contributed by atoms with Crippen LogP contribution in [0.15, 0.2) is 47.6 Å². The first-order valence-corrected chi connectivity index (χ1v) is 8.19. The molecule has 0 spiro atoms. The number of amides is 2. The highest BCUT2D eigenvalue weighted by Crippen LogP contribution is 2.31. The monoisotopic (exact) mass is 343 g/mol. The lowest BCUT2D eigenvalue weighted by atomic mass is 10.2. The number of thioether (sulfide) groups is 1. The lowest BCUT2D eigenvalue weighted by molar-refractivity contribution is -0.123. The summed E-state index contributed by atoms with van der Waals surface area (Å²) in [5.74, 6) is -0.295. The summed E-state index contributed by atoms with van der Waals surface area (Å²) in [6.07, 6.45) is 3.41. The maximum atomic E-state index is 12.3. The van der Waals surface area contributed by atoms with Gasteiger partial charge in [0.1, 0.15) is 5.69 Å². The molecule has 1 aliphatic heterocycles. The van der Waals surface area contributed by atoms with Gasteiger partial charge in [-0.2, -0.15) is 0 Å². The molecule has 2 heterocycles. The molecule has 0 atom stereocenters. The molecule has 0 unspecified atom stereocenters. The highest BCUT2D eigenvalue weighted by molar-refractivity contribution is 8.18. The molecular weight excluding hydrogens is 326 g/mol. The number of aromatic nitrogens is 3. The van der Waals surface area contributed by atoms with Gasteiger partial charge in [0.05, 0.1) is 24.2 Å². The van der Waals surface area contributed by atoms with Crippen molar-refractivity contribution in [1.82, 2.24) is 24.8 Å². The number of rotatable bonds is 5. The molecule has 1 aliphatic rings. The van der Waals surface area contributed by atoms with E-state index in [0.29, 0.717) is 17.1 Å². The molecule has 1 saturated heterocycles. The molecule has 1 aromatic carbocycles. The maximum absolute atomic E-state index is 12.3.